The van der Waals surface area contributed by atoms with Crippen LogP contribution in [-0.4, -0.2) is 39.2 Å². The molecule has 4 rings (SSSR count). The molecule has 0 radical (unpaired) electrons. The molecule has 0 spiro atoms. The highest BCUT2D eigenvalue weighted by Gasteiger charge is 2.13. The summed E-state index contributed by atoms with van der Waals surface area (Å²) < 4.78 is 5.81. The molecule has 1 amide bonds. The van der Waals surface area contributed by atoms with E-state index in [1.54, 1.807) is 6.07 Å². The number of carbonyl (C=O) groups excluding carboxylic acids is 1. The number of aliphatic hydroxyl groups excluding tert-OH is 1. The molecule has 7 heteroatoms. The fourth-order valence-electron chi connectivity index (χ4n) is 3.19. The van der Waals surface area contributed by atoms with Crippen LogP contribution in [0.25, 0.3) is 16.7 Å². The smallest absolute Gasteiger partial charge is 0.258 e. The van der Waals surface area contributed by atoms with Crippen LogP contribution >= 0.6 is 0 Å². The van der Waals surface area contributed by atoms with E-state index >= 15 is 0 Å². The van der Waals surface area contributed by atoms with Gasteiger partial charge in [0.05, 0.1) is 0 Å². The van der Waals surface area contributed by atoms with Gasteiger partial charge in [0.25, 0.3) is 5.91 Å². The molecule has 0 fully saturated rings. The third-order valence-corrected chi connectivity index (χ3v) is 4.89. The molecule has 0 aliphatic carbocycles. The molecule has 31 heavy (non-hydrogen) atoms. The first-order valence-electron chi connectivity index (χ1n) is 10.1. The molecule has 1 aromatic heterocycles. The monoisotopic (exact) mass is 416 g/mol. The normalized spacial score (nSPS) is 10.9. The molecule has 0 unspecified atom stereocenters. The van der Waals surface area contributed by atoms with E-state index in [0.717, 1.165) is 22.2 Å². The van der Waals surface area contributed by atoms with Crippen LogP contribution in [0.15, 0.2) is 66.7 Å². The zero-order valence-corrected chi connectivity index (χ0v) is 17.3. The first kappa shape index (κ1) is 20.6. The lowest BCUT2D eigenvalue weighted by Crippen LogP contribution is -2.28. The van der Waals surface area contributed by atoms with Crippen molar-refractivity contribution in [1.29, 1.82) is 0 Å². The maximum absolute atomic E-state index is 12.3. The van der Waals surface area contributed by atoms with Crippen LogP contribution in [0, 0.1) is 6.92 Å². The molecule has 0 saturated heterocycles. The number of ether oxygens (including phenoxy) is 1. The molecular weight excluding hydrogens is 392 g/mol. The van der Waals surface area contributed by atoms with Gasteiger partial charge in [0.1, 0.15) is 22.5 Å². The number of fused-ring (bicyclic) bond motifs is 1. The lowest BCUT2D eigenvalue weighted by atomic mass is 10.1. The van der Waals surface area contributed by atoms with Crippen molar-refractivity contribution >= 4 is 16.9 Å². The molecule has 7 nitrogen and oxygen atoms in total. The predicted octanol–water partition coefficient (Wildman–Crippen LogP) is 2.96. The number of aliphatic hydroxyl groups is 1. The number of aryl methyl sites for hydroxylation is 1. The van der Waals surface area contributed by atoms with Crippen LogP contribution in [0.2, 0.25) is 0 Å². The predicted molar refractivity (Wildman–Crippen MR) is 118 cm³/mol. The van der Waals surface area contributed by atoms with Crippen molar-refractivity contribution < 1.29 is 14.6 Å². The van der Waals surface area contributed by atoms with Crippen molar-refractivity contribution in [2.75, 3.05) is 13.2 Å². The summed E-state index contributed by atoms with van der Waals surface area (Å²) in [5, 5.41) is 21.2. The van der Waals surface area contributed by atoms with E-state index in [2.05, 4.69) is 15.5 Å². The Labute approximate surface area is 180 Å². The minimum absolute atomic E-state index is 0.0373. The molecular formula is C24H24N4O3. The quantitative estimate of drug-likeness (QED) is 0.461. The Hall–Kier alpha value is -3.71. The minimum Gasteiger partial charge on any atom is -0.481 e. The molecule has 2 N–H and O–H groups in total. The van der Waals surface area contributed by atoms with Crippen molar-refractivity contribution in [3.05, 3.63) is 83.4 Å². The number of rotatable bonds is 8. The van der Waals surface area contributed by atoms with Crippen molar-refractivity contribution in [3.63, 3.8) is 0 Å². The van der Waals surface area contributed by atoms with Crippen LogP contribution in [0.5, 0.6) is 5.75 Å². The Morgan fingerprint density at radius 3 is 2.35 bits per heavy atom. The van der Waals surface area contributed by atoms with Gasteiger partial charge in [-0.15, -0.1) is 15.0 Å². The zero-order chi connectivity index (χ0) is 21.6. The lowest BCUT2D eigenvalue weighted by Gasteiger charge is -2.12. The Morgan fingerprint density at radius 2 is 1.68 bits per heavy atom. The van der Waals surface area contributed by atoms with E-state index in [0.29, 0.717) is 24.4 Å². The number of nitrogens with zero attached hydrogens (tertiary/aromatic N) is 3. The molecule has 1 heterocycles. The van der Waals surface area contributed by atoms with Gasteiger partial charge in [-0.2, -0.15) is 0 Å². The van der Waals surface area contributed by atoms with Gasteiger partial charge >= 0.3 is 0 Å². The topological polar surface area (TPSA) is 89.3 Å². The number of aromatic nitrogens is 3. The van der Waals surface area contributed by atoms with Gasteiger partial charge < -0.3 is 15.2 Å². The van der Waals surface area contributed by atoms with E-state index < -0.39 is 0 Å². The maximum atomic E-state index is 12.3. The zero-order valence-electron chi connectivity index (χ0n) is 17.3. The SMILES string of the molecule is Cc1ccc(CNC(=O)COc2ccc(CCO)cc2-n2nc3ccccc3n2)cc1. The van der Waals surface area contributed by atoms with E-state index in [4.69, 9.17) is 4.74 Å². The third kappa shape index (κ3) is 5.07. The molecule has 0 saturated carbocycles. The standard InChI is InChI=1S/C24H24N4O3/c1-17-6-8-19(9-7-17)15-25-24(30)16-31-23-11-10-18(12-13-29)14-22(23)28-26-20-4-2-3-5-21(20)27-28/h2-11,14,29H,12-13,15-16H2,1H3,(H,25,30). The van der Waals surface area contributed by atoms with Gasteiger partial charge in [-0.3, -0.25) is 4.79 Å². The summed E-state index contributed by atoms with van der Waals surface area (Å²) in [7, 11) is 0. The molecule has 158 valence electrons. The van der Waals surface area contributed by atoms with Gasteiger partial charge in [0, 0.05) is 13.2 Å². The van der Waals surface area contributed by atoms with Gasteiger partial charge in [-0.1, -0.05) is 48.0 Å². The Balaban J connectivity index is 1.49. The number of hydrogen-bond donors (Lipinski definition) is 2. The van der Waals surface area contributed by atoms with Crippen molar-refractivity contribution in [2.24, 2.45) is 0 Å². The molecule has 3 aromatic carbocycles. The summed E-state index contributed by atoms with van der Waals surface area (Å²) in [6.07, 6.45) is 0.505. The van der Waals surface area contributed by atoms with E-state index in [9.17, 15) is 9.90 Å². The fourth-order valence-corrected chi connectivity index (χ4v) is 3.19. The Bertz CT molecular complexity index is 1150. The van der Waals surface area contributed by atoms with Crippen molar-refractivity contribution in [1.82, 2.24) is 20.3 Å². The van der Waals surface area contributed by atoms with Crippen LogP contribution in [0.4, 0.5) is 0 Å². The highest BCUT2D eigenvalue weighted by atomic mass is 16.5. The number of hydrogen-bond acceptors (Lipinski definition) is 5. The molecule has 0 aliphatic rings. The summed E-state index contributed by atoms with van der Waals surface area (Å²) in [6, 6.07) is 21.1. The number of carbonyl (C=O) groups is 1. The summed E-state index contributed by atoms with van der Waals surface area (Å²) in [5.74, 6) is 0.275. The minimum atomic E-state index is -0.218. The Morgan fingerprint density at radius 1 is 1.00 bits per heavy atom. The molecule has 4 aromatic rings. The van der Waals surface area contributed by atoms with E-state index in [-0.39, 0.29) is 19.1 Å². The lowest BCUT2D eigenvalue weighted by molar-refractivity contribution is -0.123. The van der Waals surface area contributed by atoms with E-state index in [1.807, 2.05) is 67.6 Å². The first-order valence-corrected chi connectivity index (χ1v) is 10.1. The average molecular weight is 416 g/mol. The number of nitrogens with one attached hydrogen (secondary N) is 1. The van der Waals surface area contributed by atoms with Crippen LogP contribution < -0.4 is 10.1 Å². The molecule has 0 bridgehead atoms. The highest BCUT2D eigenvalue weighted by molar-refractivity contribution is 5.77. The molecule has 0 aliphatic heterocycles. The summed E-state index contributed by atoms with van der Waals surface area (Å²) in [6.45, 7) is 2.38. The third-order valence-electron chi connectivity index (χ3n) is 4.89. The van der Waals surface area contributed by atoms with Gasteiger partial charge in [0.2, 0.25) is 0 Å². The van der Waals surface area contributed by atoms with E-state index in [1.165, 1.54) is 10.4 Å². The average Bonchev–Trinajstić information content (AvgIpc) is 3.22. The largest absolute Gasteiger partial charge is 0.481 e. The van der Waals surface area contributed by atoms with Gasteiger partial charge in [0.15, 0.2) is 6.61 Å². The summed E-state index contributed by atoms with van der Waals surface area (Å²) >= 11 is 0. The van der Waals surface area contributed by atoms with Crippen LogP contribution in [0.1, 0.15) is 16.7 Å². The molecule has 0 atom stereocenters. The Kier molecular flexibility index (Phi) is 6.24. The van der Waals surface area contributed by atoms with Gasteiger partial charge in [-0.25, -0.2) is 0 Å². The second-order valence-corrected chi connectivity index (χ2v) is 7.30. The maximum Gasteiger partial charge on any atom is 0.258 e. The second-order valence-electron chi connectivity index (χ2n) is 7.30. The number of benzene rings is 3. The van der Waals surface area contributed by atoms with Crippen LogP contribution in [0.3, 0.4) is 0 Å². The second kappa shape index (κ2) is 9.40. The van der Waals surface area contributed by atoms with Crippen molar-refractivity contribution in [3.8, 4) is 11.4 Å². The number of amides is 1. The first-order chi connectivity index (χ1) is 15.1. The van der Waals surface area contributed by atoms with Gasteiger partial charge in [-0.05, 0) is 48.7 Å². The fraction of sp³-hybridized carbons (Fsp3) is 0.208. The van der Waals surface area contributed by atoms with Crippen LogP contribution in [-0.2, 0) is 17.8 Å². The highest BCUT2D eigenvalue weighted by Crippen LogP contribution is 2.25. The summed E-state index contributed by atoms with van der Waals surface area (Å²) in [4.78, 5) is 13.8. The summed E-state index contributed by atoms with van der Waals surface area (Å²) in [5.41, 5.74) is 5.27. The van der Waals surface area contributed by atoms with Crippen molar-refractivity contribution in [2.45, 2.75) is 19.9 Å².